The van der Waals surface area contributed by atoms with E-state index in [0.717, 1.165) is 11.2 Å². The van der Waals surface area contributed by atoms with Crippen LogP contribution in [0.4, 0.5) is 0 Å². The van der Waals surface area contributed by atoms with E-state index in [0.29, 0.717) is 5.41 Å². The summed E-state index contributed by atoms with van der Waals surface area (Å²) in [5, 5.41) is 1.05. The second-order valence-corrected chi connectivity index (χ2v) is 5.29. The lowest BCUT2D eigenvalue weighted by Gasteiger charge is -2.33. The van der Waals surface area contributed by atoms with E-state index in [1.807, 2.05) is 0 Å². The quantitative estimate of drug-likeness (QED) is 0.675. The molecule has 1 rings (SSSR count). The Balaban J connectivity index is 3.00. The van der Waals surface area contributed by atoms with Crippen LogP contribution in [0.2, 0.25) is 0 Å². The third-order valence-electron chi connectivity index (χ3n) is 3.12. The Hall–Kier alpha value is -0.300. The van der Waals surface area contributed by atoms with Crippen LogP contribution in [-0.2, 0) is 5.41 Å². The fourth-order valence-corrected chi connectivity index (χ4v) is 3.21. The molecular weight excluding hydrogens is 248 g/mol. The first kappa shape index (κ1) is 12.8. The lowest BCUT2D eigenvalue weighted by molar-refractivity contribution is 0.366. The van der Waals surface area contributed by atoms with Gasteiger partial charge in [-0.3, -0.25) is 0 Å². The van der Waals surface area contributed by atoms with Crippen LogP contribution in [0.15, 0.2) is 30.3 Å². The summed E-state index contributed by atoms with van der Waals surface area (Å²) >= 11 is 3.70. The maximum absolute atomic E-state index is 3.70. The van der Waals surface area contributed by atoms with Gasteiger partial charge >= 0.3 is 0 Å². The van der Waals surface area contributed by atoms with Crippen LogP contribution < -0.4 is 0 Å². The highest BCUT2D eigenvalue weighted by Gasteiger charge is 2.29. The Morgan fingerprint density at radius 3 is 2.20 bits per heavy atom. The molecule has 1 unspecified atom stereocenters. The van der Waals surface area contributed by atoms with Crippen molar-refractivity contribution in [1.82, 2.24) is 0 Å². The molecule has 1 heteroatoms. The van der Waals surface area contributed by atoms with Crippen LogP contribution in [0.5, 0.6) is 0 Å². The first-order valence-corrected chi connectivity index (χ1v) is 6.88. The van der Waals surface area contributed by atoms with Gasteiger partial charge in [0.15, 0.2) is 0 Å². The average molecular weight is 269 g/mol. The van der Waals surface area contributed by atoms with E-state index in [9.17, 15) is 0 Å². The third kappa shape index (κ3) is 3.07. The van der Waals surface area contributed by atoms with Crippen molar-refractivity contribution in [3.05, 3.63) is 35.9 Å². The van der Waals surface area contributed by atoms with Gasteiger partial charge < -0.3 is 0 Å². The molecule has 1 aromatic carbocycles. The molecule has 0 fully saturated rings. The molecule has 0 N–H and O–H groups in total. The number of alkyl halides is 1. The second kappa shape index (κ2) is 5.69. The molecule has 0 saturated heterocycles. The van der Waals surface area contributed by atoms with Crippen molar-refractivity contribution in [3.63, 3.8) is 0 Å². The smallest absolute Gasteiger partial charge is 0.0129 e. The molecule has 84 valence electrons. The van der Waals surface area contributed by atoms with E-state index >= 15 is 0 Å². The Morgan fingerprint density at radius 2 is 1.80 bits per heavy atom. The van der Waals surface area contributed by atoms with E-state index in [2.05, 4.69) is 67.0 Å². The topological polar surface area (TPSA) is 0 Å². The molecule has 0 amide bonds. The normalized spacial score (nSPS) is 15.3. The maximum atomic E-state index is 3.70. The van der Waals surface area contributed by atoms with Gasteiger partial charge in [0.05, 0.1) is 0 Å². The number of rotatable bonds is 5. The molecule has 0 spiro atoms. The standard InChI is InChI=1S/C14H21Br/c1-4-14(11-15,10-12(2)3)13-8-6-5-7-9-13/h5-9,12H,4,10-11H2,1-3H3. The van der Waals surface area contributed by atoms with Gasteiger partial charge in [0.1, 0.15) is 0 Å². The SMILES string of the molecule is CCC(CBr)(CC(C)C)c1ccccc1. The van der Waals surface area contributed by atoms with Crippen LogP contribution in [-0.4, -0.2) is 5.33 Å². The van der Waals surface area contributed by atoms with Gasteiger partial charge in [-0.1, -0.05) is 67.0 Å². The Bertz CT molecular complexity index is 273. The highest BCUT2D eigenvalue weighted by molar-refractivity contribution is 9.09. The van der Waals surface area contributed by atoms with Crippen LogP contribution in [0.25, 0.3) is 0 Å². The summed E-state index contributed by atoms with van der Waals surface area (Å²) in [7, 11) is 0. The molecule has 0 nitrogen and oxygen atoms in total. The van der Waals surface area contributed by atoms with Crippen LogP contribution >= 0.6 is 15.9 Å². The van der Waals surface area contributed by atoms with Crippen molar-refractivity contribution in [2.45, 2.75) is 39.0 Å². The molecule has 0 aliphatic heterocycles. The molecule has 0 heterocycles. The molecule has 0 aromatic heterocycles. The van der Waals surface area contributed by atoms with Crippen LogP contribution in [0.1, 0.15) is 39.2 Å². The number of benzene rings is 1. The number of hydrogen-bond donors (Lipinski definition) is 0. The molecule has 0 saturated carbocycles. The Morgan fingerprint density at radius 1 is 1.20 bits per heavy atom. The monoisotopic (exact) mass is 268 g/mol. The van der Waals surface area contributed by atoms with Gasteiger partial charge in [-0.15, -0.1) is 0 Å². The fourth-order valence-electron chi connectivity index (χ4n) is 2.27. The summed E-state index contributed by atoms with van der Waals surface area (Å²) in [5.74, 6) is 0.739. The van der Waals surface area contributed by atoms with E-state index in [1.54, 1.807) is 0 Å². The first-order chi connectivity index (χ1) is 7.14. The van der Waals surface area contributed by atoms with E-state index in [-0.39, 0.29) is 0 Å². The molecule has 0 aliphatic carbocycles. The largest absolute Gasteiger partial charge is 0.0918 e. The van der Waals surface area contributed by atoms with E-state index in [1.165, 1.54) is 18.4 Å². The van der Waals surface area contributed by atoms with Gasteiger partial charge in [0.25, 0.3) is 0 Å². The van der Waals surface area contributed by atoms with E-state index < -0.39 is 0 Å². The van der Waals surface area contributed by atoms with E-state index in [4.69, 9.17) is 0 Å². The number of hydrogen-bond acceptors (Lipinski definition) is 0. The lowest BCUT2D eigenvalue weighted by atomic mass is 9.74. The zero-order valence-corrected chi connectivity index (χ0v) is 11.5. The summed E-state index contributed by atoms with van der Waals surface area (Å²) in [4.78, 5) is 0. The zero-order chi connectivity index (χ0) is 11.3. The van der Waals surface area contributed by atoms with Gasteiger partial charge in [-0.25, -0.2) is 0 Å². The van der Waals surface area contributed by atoms with Crippen molar-refractivity contribution in [1.29, 1.82) is 0 Å². The third-order valence-corrected chi connectivity index (χ3v) is 4.19. The summed E-state index contributed by atoms with van der Waals surface area (Å²) in [6.45, 7) is 6.89. The molecule has 15 heavy (non-hydrogen) atoms. The van der Waals surface area contributed by atoms with Crippen molar-refractivity contribution in [2.24, 2.45) is 5.92 Å². The summed E-state index contributed by atoms with van der Waals surface area (Å²) in [6, 6.07) is 10.9. The van der Waals surface area contributed by atoms with Gasteiger partial charge in [0, 0.05) is 10.7 Å². The predicted octanol–water partition coefficient (Wildman–Crippen LogP) is 4.78. The van der Waals surface area contributed by atoms with Crippen molar-refractivity contribution in [2.75, 3.05) is 5.33 Å². The molecule has 1 aromatic rings. The highest BCUT2D eigenvalue weighted by Crippen LogP contribution is 2.36. The van der Waals surface area contributed by atoms with Crippen LogP contribution in [0, 0.1) is 5.92 Å². The van der Waals surface area contributed by atoms with Crippen LogP contribution in [0.3, 0.4) is 0 Å². The summed E-state index contributed by atoms with van der Waals surface area (Å²) < 4.78 is 0. The first-order valence-electron chi connectivity index (χ1n) is 5.76. The lowest BCUT2D eigenvalue weighted by Crippen LogP contribution is -2.29. The summed E-state index contributed by atoms with van der Waals surface area (Å²) in [5.41, 5.74) is 1.79. The average Bonchev–Trinajstić information content (AvgIpc) is 2.27. The Labute approximate surface area is 102 Å². The fraction of sp³-hybridized carbons (Fsp3) is 0.571. The van der Waals surface area contributed by atoms with Crippen molar-refractivity contribution >= 4 is 15.9 Å². The molecule has 0 radical (unpaired) electrons. The predicted molar refractivity (Wildman–Crippen MR) is 71.7 cm³/mol. The zero-order valence-electron chi connectivity index (χ0n) is 9.96. The second-order valence-electron chi connectivity index (χ2n) is 4.73. The Kier molecular flexibility index (Phi) is 4.85. The van der Waals surface area contributed by atoms with Gasteiger partial charge in [-0.05, 0) is 24.3 Å². The van der Waals surface area contributed by atoms with Gasteiger partial charge in [0.2, 0.25) is 0 Å². The van der Waals surface area contributed by atoms with Crippen molar-refractivity contribution in [3.8, 4) is 0 Å². The molecular formula is C14H21Br. The minimum absolute atomic E-state index is 0.315. The number of halogens is 1. The molecule has 0 bridgehead atoms. The molecule has 1 atom stereocenters. The highest BCUT2D eigenvalue weighted by atomic mass is 79.9. The minimum atomic E-state index is 0.315. The maximum Gasteiger partial charge on any atom is 0.0129 e. The van der Waals surface area contributed by atoms with Crippen molar-refractivity contribution < 1.29 is 0 Å². The minimum Gasteiger partial charge on any atom is -0.0918 e. The molecule has 0 aliphatic rings. The summed E-state index contributed by atoms with van der Waals surface area (Å²) in [6.07, 6.45) is 2.44. The van der Waals surface area contributed by atoms with Gasteiger partial charge in [-0.2, -0.15) is 0 Å².